The number of likely N-dealkylation sites (N-methyl/N-ethyl adjacent to an activating group) is 1. The highest BCUT2D eigenvalue weighted by Gasteiger charge is 2.30. The highest BCUT2D eigenvalue weighted by atomic mass is 32.2. The summed E-state index contributed by atoms with van der Waals surface area (Å²) in [6.45, 7) is 4.01. The summed E-state index contributed by atoms with van der Waals surface area (Å²) in [5.41, 5.74) is 2.88. The number of amides is 1. The number of nitrogens with zero attached hydrogens (tertiary/aromatic N) is 2. The number of hydrazone groups is 1. The highest BCUT2D eigenvalue weighted by Crippen LogP contribution is 2.13. The molecule has 1 amide bonds. The van der Waals surface area contributed by atoms with Crippen LogP contribution in [0.1, 0.15) is 13.8 Å². The zero-order valence-corrected chi connectivity index (χ0v) is 9.18. The van der Waals surface area contributed by atoms with E-state index in [2.05, 4.69) is 10.5 Å². The van der Waals surface area contributed by atoms with Crippen LogP contribution in [0.2, 0.25) is 0 Å². The fourth-order valence-electron chi connectivity index (χ4n) is 1.17. The number of nitrogens with one attached hydrogen (secondary N) is 1. The Morgan fingerprint density at radius 2 is 2.23 bits per heavy atom. The van der Waals surface area contributed by atoms with E-state index >= 15 is 0 Å². The van der Waals surface area contributed by atoms with Crippen molar-refractivity contribution in [2.45, 2.75) is 19.9 Å². The van der Waals surface area contributed by atoms with Crippen molar-refractivity contribution >= 4 is 22.8 Å². The topological polar surface area (TPSA) is 44.7 Å². The van der Waals surface area contributed by atoms with E-state index in [4.69, 9.17) is 0 Å². The second kappa shape index (κ2) is 4.00. The van der Waals surface area contributed by atoms with Gasteiger partial charge in [-0.2, -0.15) is 5.10 Å². The predicted molar refractivity (Wildman–Crippen MR) is 55.5 cm³/mol. The average Bonchev–Trinajstić information content (AvgIpc) is 2.09. The summed E-state index contributed by atoms with van der Waals surface area (Å²) in [5.74, 6) is 0.358. The van der Waals surface area contributed by atoms with E-state index in [0.717, 1.165) is 5.17 Å². The van der Waals surface area contributed by atoms with Crippen LogP contribution in [-0.2, 0) is 4.79 Å². The highest BCUT2D eigenvalue weighted by molar-refractivity contribution is 8.13. The first-order valence-corrected chi connectivity index (χ1v) is 5.45. The SMILES string of the molecule is CSC1=NNC(C(C)C)C(=O)N1C. The van der Waals surface area contributed by atoms with Gasteiger partial charge in [0.25, 0.3) is 5.91 Å². The normalized spacial score (nSPS) is 23.2. The summed E-state index contributed by atoms with van der Waals surface area (Å²) in [7, 11) is 1.76. The lowest BCUT2D eigenvalue weighted by atomic mass is 10.0. The second-order valence-corrected chi connectivity index (χ2v) is 4.12. The fourth-order valence-corrected chi connectivity index (χ4v) is 1.68. The smallest absolute Gasteiger partial charge is 0.252 e. The number of amidine groups is 1. The standard InChI is InChI=1S/C8H15N3OS/c1-5(2)6-7(12)11(3)8(13-4)10-9-6/h5-6,9H,1-4H3. The third-order valence-electron chi connectivity index (χ3n) is 2.03. The second-order valence-electron chi connectivity index (χ2n) is 3.35. The molecule has 0 aromatic heterocycles. The van der Waals surface area contributed by atoms with Gasteiger partial charge in [-0.3, -0.25) is 15.1 Å². The molecule has 0 radical (unpaired) electrons. The minimum absolute atomic E-state index is 0.0920. The molecule has 1 rings (SSSR count). The van der Waals surface area contributed by atoms with Crippen molar-refractivity contribution < 1.29 is 4.79 Å². The molecule has 74 valence electrons. The first kappa shape index (κ1) is 10.4. The van der Waals surface area contributed by atoms with Crippen molar-refractivity contribution in [1.82, 2.24) is 10.3 Å². The molecule has 1 aliphatic heterocycles. The summed E-state index contributed by atoms with van der Waals surface area (Å²) >= 11 is 1.46. The number of carbonyl (C=O) groups is 1. The van der Waals surface area contributed by atoms with Gasteiger partial charge in [0.1, 0.15) is 6.04 Å². The Morgan fingerprint density at radius 1 is 1.62 bits per heavy atom. The molecule has 5 heteroatoms. The molecule has 1 N–H and O–H groups in total. The number of rotatable bonds is 1. The van der Waals surface area contributed by atoms with Crippen LogP contribution in [0, 0.1) is 5.92 Å². The number of hydrogen-bond acceptors (Lipinski definition) is 4. The van der Waals surface area contributed by atoms with Crippen LogP contribution < -0.4 is 5.43 Å². The Kier molecular flexibility index (Phi) is 3.19. The van der Waals surface area contributed by atoms with E-state index in [1.807, 2.05) is 20.1 Å². The summed E-state index contributed by atoms with van der Waals surface area (Å²) in [6.07, 6.45) is 1.90. The van der Waals surface area contributed by atoms with Gasteiger partial charge in [-0.15, -0.1) is 0 Å². The van der Waals surface area contributed by atoms with Gasteiger partial charge in [0.2, 0.25) is 0 Å². The molecular weight excluding hydrogens is 186 g/mol. The molecule has 0 aliphatic carbocycles. The lowest BCUT2D eigenvalue weighted by molar-refractivity contribution is -0.130. The zero-order chi connectivity index (χ0) is 10.0. The molecule has 0 bridgehead atoms. The molecule has 1 unspecified atom stereocenters. The number of thioether (sulfide) groups is 1. The molecule has 0 saturated heterocycles. The van der Waals surface area contributed by atoms with Crippen molar-refractivity contribution in [3.8, 4) is 0 Å². The molecule has 0 spiro atoms. The van der Waals surface area contributed by atoms with Gasteiger partial charge in [0.15, 0.2) is 5.17 Å². The van der Waals surface area contributed by atoms with E-state index in [-0.39, 0.29) is 17.9 Å². The Balaban J connectivity index is 2.80. The van der Waals surface area contributed by atoms with Crippen LogP contribution in [0.15, 0.2) is 5.10 Å². The molecular formula is C8H15N3OS. The van der Waals surface area contributed by atoms with Crippen LogP contribution in [0.5, 0.6) is 0 Å². The third kappa shape index (κ3) is 1.96. The van der Waals surface area contributed by atoms with Gasteiger partial charge >= 0.3 is 0 Å². The maximum atomic E-state index is 11.7. The molecule has 0 saturated carbocycles. The molecule has 4 nitrogen and oxygen atoms in total. The lowest BCUT2D eigenvalue weighted by Gasteiger charge is -2.30. The monoisotopic (exact) mass is 201 g/mol. The Hall–Kier alpha value is -0.710. The summed E-state index contributed by atoms with van der Waals surface area (Å²) < 4.78 is 0. The van der Waals surface area contributed by atoms with Crippen molar-refractivity contribution in [3.05, 3.63) is 0 Å². The number of carbonyl (C=O) groups excluding carboxylic acids is 1. The number of hydrogen-bond donors (Lipinski definition) is 1. The van der Waals surface area contributed by atoms with Crippen LogP contribution in [-0.4, -0.2) is 35.3 Å². The predicted octanol–water partition coefficient (Wildman–Crippen LogP) is 0.707. The van der Waals surface area contributed by atoms with E-state index in [1.54, 1.807) is 11.9 Å². The van der Waals surface area contributed by atoms with Gasteiger partial charge < -0.3 is 0 Å². The third-order valence-corrected chi connectivity index (χ3v) is 2.76. The average molecular weight is 201 g/mol. The fraction of sp³-hybridized carbons (Fsp3) is 0.750. The van der Waals surface area contributed by atoms with Crippen LogP contribution in [0.25, 0.3) is 0 Å². The molecule has 1 aliphatic rings. The van der Waals surface area contributed by atoms with E-state index in [0.29, 0.717) is 0 Å². The molecule has 0 aromatic rings. The maximum Gasteiger partial charge on any atom is 0.252 e. The molecule has 1 atom stereocenters. The van der Waals surface area contributed by atoms with E-state index in [1.165, 1.54) is 11.8 Å². The first-order valence-electron chi connectivity index (χ1n) is 4.22. The van der Waals surface area contributed by atoms with Crippen molar-refractivity contribution in [1.29, 1.82) is 0 Å². The Labute approximate surface area is 82.7 Å². The Morgan fingerprint density at radius 3 is 2.69 bits per heavy atom. The lowest BCUT2D eigenvalue weighted by Crippen LogP contribution is -2.52. The van der Waals surface area contributed by atoms with Gasteiger partial charge in [-0.05, 0) is 12.2 Å². The molecule has 13 heavy (non-hydrogen) atoms. The molecule has 1 heterocycles. The summed E-state index contributed by atoms with van der Waals surface area (Å²) in [5, 5.41) is 4.84. The van der Waals surface area contributed by atoms with Gasteiger partial charge in [0, 0.05) is 7.05 Å². The first-order chi connectivity index (χ1) is 6.07. The Bertz CT molecular complexity index is 240. The van der Waals surface area contributed by atoms with Crippen LogP contribution in [0.3, 0.4) is 0 Å². The molecule has 0 fully saturated rings. The van der Waals surface area contributed by atoms with Gasteiger partial charge in [0.05, 0.1) is 0 Å². The zero-order valence-electron chi connectivity index (χ0n) is 8.37. The minimum Gasteiger partial charge on any atom is -0.295 e. The van der Waals surface area contributed by atoms with E-state index < -0.39 is 0 Å². The van der Waals surface area contributed by atoms with Gasteiger partial charge in [-0.1, -0.05) is 25.6 Å². The summed E-state index contributed by atoms with van der Waals surface area (Å²) in [6, 6.07) is -0.180. The largest absolute Gasteiger partial charge is 0.295 e. The van der Waals surface area contributed by atoms with Crippen LogP contribution >= 0.6 is 11.8 Å². The minimum atomic E-state index is -0.180. The van der Waals surface area contributed by atoms with Crippen LogP contribution in [0.4, 0.5) is 0 Å². The van der Waals surface area contributed by atoms with E-state index in [9.17, 15) is 4.79 Å². The van der Waals surface area contributed by atoms with Gasteiger partial charge in [-0.25, -0.2) is 0 Å². The van der Waals surface area contributed by atoms with Crippen molar-refractivity contribution in [2.75, 3.05) is 13.3 Å². The quantitative estimate of drug-likeness (QED) is 0.679. The van der Waals surface area contributed by atoms with Crippen molar-refractivity contribution in [3.63, 3.8) is 0 Å². The maximum absolute atomic E-state index is 11.7. The molecule has 0 aromatic carbocycles. The summed E-state index contributed by atoms with van der Waals surface area (Å²) in [4.78, 5) is 13.3. The van der Waals surface area contributed by atoms with Crippen molar-refractivity contribution in [2.24, 2.45) is 11.0 Å².